The van der Waals surface area contributed by atoms with E-state index in [0.29, 0.717) is 34.3 Å². The second kappa shape index (κ2) is 10.0. The fourth-order valence-electron chi connectivity index (χ4n) is 4.88. The Morgan fingerprint density at radius 1 is 1.16 bits per heavy atom. The highest BCUT2D eigenvalue weighted by Crippen LogP contribution is 2.31. The van der Waals surface area contributed by atoms with Crippen molar-refractivity contribution < 1.29 is 9.59 Å². The van der Waals surface area contributed by atoms with Gasteiger partial charge in [0.15, 0.2) is 0 Å². The molecule has 2 heterocycles. The summed E-state index contributed by atoms with van der Waals surface area (Å²) in [7, 11) is 0. The smallest absolute Gasteiger partial charge is 0.253 e. The summed E-state index contributed by atoms with van der Waals surface area (Å²) in [5.74, 6) is 1.12. The molecule has 1 saturated heterocycles. The summed E-state index contributed by atoms with van der Waals surface area (Å²) < 4.78 is 1.86. The number of likely N-dealkylation sites (tertiary alicyclic amines) is 1. The zero-order chi connectivity index (χ0) is 22.7. The molecule has 0 bridgehead atoms. The Bertz CT molecular complexity index is 961. The van der Waals surface area contributed by atoms with Gasteiger partial charge < -0.3 is 10.2 Å². The number of aromatic nitrogens is 4. The number of amides is 2. The van der Waals surface area contributed by atoms with Crippen LogP contribution in [0.3, 0.4) is 0 Å². The maximum atomic E-state index is 13.1. The number of benzene rings is 1. The molecule has 32 heavy (non-hydrogen) atoms. The van der Waals surface area contributed by atoms with Crippen LogP contribution < -0.4 is 5.32 Å². The van der Waals surface area contributed by atoms with Crippen molar-refractivity contribution in [2.24, 2.45) is 11.8 Å². The van der Waals surface area contributed by atoms with E-state index in [9.17, 15) is 9.59 Å². The largest absolute Gasteiger partial charge is 0.338 e. The lowest BCUT2D eigenvalue weighted by Gasteiger charge is -2.35. The van der Waals surface area contributed by atoms with Crippen LogP contribution in [0.25, 0.3) is 0 Å². The molecule has 2 amide bonds. The van der Waals surface area contributed by atoms with Crippen LogP contribution in [-0.4, -0.2) is 55.8 Å². The Labute approximate surface area is 193 Å². The molecule has 2 aromatic rings. The molecule has 172 valence electrons. The molecular formula is C23H32N6O2S. The van der Waals surface area contributed by atoms with Crippen LogP contribution in [0.15, 0.2) is 23.4 Å². The number of anilines is 1. The first-order chi connectivity index (χ1) is 15.4. The van der Waals surface area contributed by atoms with Crippen LogP contribution in [0.5, 0.6) is 0 Å². The van der Waals surface area contributed by atoms with Gasteiger partial charge in [0, 0.05) is 24.3 Å². The van der Waals surface area contributed by atoms with E-state index in [1.54, 1.807) is 6.07 Å². The molecule has 2 fully saturated rings. The van der Waals surface area contributed by atoms with Gasteiger partial charge in [-0.1, -0.05) is 44.5 Å². The summed E-state index contributed by atoms with van der Waals surface area (Å²) in [5.41, 5.74) is 2.22. The van der Waals surface area contributed by atoms with E-state index >= 15 is 0 Å². The summed E-state index contributed by atoms with van der Waals surface area (Å²) >= 11 is 1.35. The predicted molar refractivity (Wildman–Crippen MR) is 125 cm³/mol. The van der Waals surface area contributed by atoms with Gasteiger partial charge >= 0.3 is 0 Å². The van der Waals surface area contributed by atoms with E-state index in [4.69, 9.17) is 0 Å². The standard InChI is InChI=1S/C23H32N6O2S/c1-15-10-16(2)13-28(12-15)22(31)18-9-8-17(3)20(11-18)24-21(30)14-32-23-25-26-27-29(23)19-6-4-5-7-19/h8-9,11,15-16,19H,4-7,10,12-14H2,1-3H3,(H,24,30). The molecular weight excluding hydrogens is 424 g/mol. The summed E-state index contributed by atoms with van der Waals surface area (Å²) in [6.07, 6.45) is 5.71. The Kier molecular flexibility index (Phi) is 7.13. The first-order valence-electron chi connectivity index (χ1n) is 11.5. The molecule has 1 N–H and O–H groups in total. The average Bonchev–Trinajstić information content (AvgIpc) is 3.44. The van der Waals surface area contributed by atoms with Crippen LogP contribution in [0.1, 0.15) is 67.9 Å². The molecule has 2 unspecified atom stereocenters. The van der Waals surface area contributed by atoms with Crippen LogP contribution in [0, 0.1) is 18.8 Å². The Morgan fingerprint density at radius 3 is 2.59 bits per heavy atom. The maximum Gasteiger partial charge on any atom is 0.253 e. The zero-order valence-electron chi connectivity index (χ0n) is 19.1. The number of thioether (sulfide) groups is 1. The lowest BCUT2D eigenvalue weighted by Crippen LogP contribution is -2.42. The van der Waals surface area contributed by atoms with Gasteiger partial charge in [-0.2, -0.15) is 0 Å². The third kappa shape index (κ3) is 5.31. The van der Waals surface area contributed by atoms with Crippen molar-refractivity contribution in [1.82, 2.24) is 25.1 Å². The van der Waals surface area contributed by atoms with E-state index in [1.165, 1.54) is 24.6 Å². The predicted octanol–water partition coefficient (Wildman–Crippen LogP) is 3.95. The minimum absolute atomic E-state index is 0.0315. The SMILES string of the molecule is Cc1ccc(C(=O)N2CC(C)CC(C)C2)cc1NC(=O)CSc1nnnn1C1CCCC1. The van der Waals surface area contributed by atoms with Crippen molar-refractivity contribution >= 4 is 29.3 Å². The van der Waals surface area contributed by atoms with E-state index in [1.807, 2.05) is 28.6 Å². The second-order valence-corrected chi connectivity index (χ2v) is 10.3. The van der Waals surface area contributed by atoms with Crippen molar-refractivity contribution in [2.75, 3.05) is 24.2 Å². The van der Waals surface area contributed by atoms with Gasteiger partial charge in [0.1, 0.15) is 0 Å². The van der Waals surface area contributed by atoms with Crippen LogP contribution in [-0.2, 0) is 4.79 Å². The van der Waals surface area contributed by atoms with Gasteiger partial charge in [-0.05, 0) is 66.1 Å². The molecule has 1 saturated carbocycles. The molecule has 1 aromatic carbocycles. The molecule has 9 heteroatoms. The number of nitrogens with one attached hydrogen (secondary N) is 1. The second-order valence-electron chi connectivity index (χ2n) is 9.37. The third-order valence-corrected chi connectivity index (χ3v) is 7.31. The van der Waals surface area contributed by atoms with E-state index in [-0.39, 0.29) is 17.6 Å². The number of hydrogen-bond acceptors (Lipinski definition) is 6. The molecule has 2 aliphatic rings. The van der Waals surface area contributed by atoms with Crippen LogP contribution in [0.4, 0.5) is 5.69 Å². The number of aryl methyl sites for hydroxylation is 1. The fraction of sp³-hybridized carbons (Fsp3) is 0.609. The van der Waals surface area contributed by atoms with Crippen molar-refractivity contribution in [3.8, 4) is 0 Å². The van der Waals surface area contributed by atoms with Gasteiger partial charge in [-0.15, -0.1) is 5.10 Å². The van der Waals surface area contributed by atoms with Crippen LogP contribution >= 0.6 is 11.8 Å². The van der Waals surface area contributed by atoms with E-state index in [2.05, 4.69) is 34.7 Å². The Morgan fingerprint density at radius 2 is 1.88 bits per heavy atom. The van der Waals surface area contributed by atoms with E-state index in [0.717, 1.165) is 37.9 Å². The number of nitrogens with zero attached hydrogens (tertiary/aromatic N) is 5. The lowest BCUT2D eigenvalue weighted by molar-refractivity contribution is -0.113. The quantitative estimate of drug-likeness (QED) is 0.662. The minimum atomic E-state index is -0.135. The van der Waals surface area contributed by atoms with Crippen molar-refractivity contribution in [2.45, 2.75) is 64.1 Å². The summed E-state index contributed by atoms with van der Waals surface area (Å²) in [5, 5.41) is 15.7. The summed E-state index contributed by atoms with van der Waals surface area (Å²) in [6, 6.07) is 5.88. The lowest BCUT2D eigenvalue weighted by atomic mass is 9.91. The summed E-state index contributed by atoms with van der Waals surface area (Å²) in [6.45, 7) is 7.88. The molecule has 0 radical (unpaired) electrons. The molecule has 1 aromatic heterocycles. The van der Waals surface area contributed by atoms with Crippen LogP contribution in [0.2, 0.25) is 0 Å². The Hall–Kier alpha value is -2.42. The van der Waals surface area contributed by atoms with Gasteiger partial charge in [0.05, 0.1) is 11.8 Å². The van der Waals surface area contributed by atoms with Crippen molar-refractivity contribution in [3.05, 3.63) is 29.3 Å². The Balaban J connectivity index is 1.38. The minimum Gasteiger partial charge on any atom is -0.338 e. The number of rotatable bonds is 6. The number of carbonyl (C=O) groups is 2. The number of hydrogen-bond donors (Lipinski definition) is 1. The van der Waals surface area contributed by atoms with Gasteiger partial charge in [0.2, 0.25) is 11.1 Å². The molecule has 1 aliphatic heterocycles. The first kappa shape index (κ1) is 22.8. The first-order valence-corrected chi connectivity index (χ1v) is 12.5. The molecule has 1 aliphatic carbocycles. The van der Waals surface area contributed by atoms with Gasteiger partial charge in [-0.25, -0.2) is 4.68 Å². The average molecular weight is 457 g/mol. The topological polar surface area (TPSA) is 93.0 Å². The summed E-state index contributed by atoms with van der Waals surface area (Å²) in [4.78, 5) is 27.7. The molecule has 2 atom stereocenters. The monoisotopic (exact) mass is 456 g/mol. The normalized spacial score (nSPS) is 21.7. The molecule has 0 spiro atoms. The van der Waals surface area contributed by atoms with Gasteiger partial charge in [0.25, 0.3) is 5.91 Å². The number of carbonyl (C=O) groups excluding carboxylic acids is 2. The van der Waals surface area contributed by atoms with Crippen molar-refractivity contribution in [3.63, 3.8) is 0 Å². The fourth-order valence-corrected chi connectivity index (χ4v) is 5.62. The zero-order valence-corrected chi connectivity index (χ0v) is 19.9. The highest BCUT2D eigenvalue weighted by molar-refractivity contribution is 7.99. The van der Waals surface area contributed by atoms with E-state index < -0.39 is 0 Å². The molecule has 8 nitrogen and oxygen atoms in total. The maximum absolute atomic E-state index is 13.1. The van der Waals surface area contributed by atoms with Crippen molar-refractivity contribution in [1.29, 1.82) is 0 Å². The highest BCUT2D eigenvalue weighted by Gasteiger charge is 2.26. The van der Waals surface area contributed by atoms with Gasteiger partial charge in [-0.3, -0.25) is 9.59 Å². The number of tetrazole rings is 1. The number of piperidine rings is 1. The molecule has 4 rings (SSSR count). The third-order valence-electron chi connectivity index (χ3n) is 6.38. The highest BCUT2D eigenvalue weighted by atomic mass is 32.2.